The van der Waals surface area contributed by atoms with Gasteiger partial charge in [-0.1, -0.05) is 53.0 Å². The maximum absolute atomic E-state index is 12.7. The first-order valence-electron chi connectivity index (χ1n) is 9.70. The molecule has 2 amide bonds. The quantitative estimate of drug-likeness (QED) is 0.218. The van der Waals surface area contributed by atoms with E-state index in [1.165, 1.54) is 17.6 Å². The molecule has 0 radical (unpaired) electrons. The van der Waals surface area contributed by atoms with Crippen LogP contribution in [-0.2, 0) is 0 Å². The Hall–Kier alpha value is -2.90. The van der Waals surface area contributed by atoms with Crippen molar-refractivity contribution in [1.82, 2.24) is 5.43 Å². The molecular formula is C24H16Cl3N3O2S. The van der Waals surface area contributed by atoms with Gasteiger partial charge in [-0.05, 0) is 55.0 Å². The first-order valence-corrected chi connectivity index (χ1v) is 11.7. The summed E-state index contributed by atoms with van der Waals surface area (Å²) < 4.78 is 0.956. The van der Waals surface area contributed by atoms with Gasteiger partial charge in [0.1, 0.15) is 4.88 Å². The van der Waals surface area contributed by atoms with Crippen LogP contribution in [0, 0.1) is 6.92 Å². The lowest BCUT2D eigenvalue weighted by Gasteiger charge is -2.05. The highest BCUT2D eigenvalue weighted by Crippen LogP contribution is 2.36. The molecule has 3 aromatic carbocycles. The number of anilines is 1. The molecule has 4 rings (SSSR count). The fraction of sp³-hybridized carbons (Fsp3) is 0.0417. The number of hydrogen-bond acceptors (Lipinski definition) is 4. The van der Waals surface area contributed by atoms with Crippen molar-refractivity contribution in [2.24, 2.45) is 5.10 Å². The lowest BCUT2D eigenvalue weighted by atomic mass is 10.2. The van der Waals surface area contributed by atoms with Crippen molar-refractivity contribution in [3.8, 4) is 0 Å². The van der Waals surface area contributed by atoms with Crippen molar-refractivity contribution in [3.05, 3.63) is 97.3 Å². The maximum atomic E-state index is 12.7. The van der Waals surface area contributed by atoms with Gasteiger partial charge in [0.2, 0.25) is 0 Å². The number of fused-ring (bicyclic) bond motifs is 1. The summed E-state index contributed by atoms with van der Waals surface area (Å²) in [5.41, 5.74) is 5.07. The van der Waals surface area contributed by atoms with E-state index in [1.807, 2.05) is 25.1 Å². The number of benzene rings is 3. The zero-order valence-corrected chi connectivity index (χ0v) is 20.2. The summed E-state index contributed by atoms with van der Waals surface area (Å²) >= 11 is 19.7. The van der Waals surface area contributed by atoms with Crippen molar-refractivity contribution >= 4 is 79.9 Å². The normalized spacial score (nSPS) is 11.2. The third kappa shape index (κ3) is 5.37. The van der Waals surface area contributed by atoms with E-state index in [-0.39, 0.29) is 5.91 Å². The van der Waals surface area contributed by atoms with Gasteiger partial charge in [-0.2, -0.15) is 5.10 Å². The van der Waals surface area contributed by atoms with Gasteiger partial charge in [-0.3, -0.25) is 9.59 Å². The number of nitrogens with one attached hydrogen (secondary N) is 2. The molecule has 166 valence electrons. The molecule has 0 atom stereocenters. The fourth-order valence-corrected chi connectivity index (χ4v) is 5.01. The van der Waals surface area contributed by atoms with E-state index in [1.54, 1.807) is 42.5 Å². The molecule has 0 unspecified atom stereocenters. The number of amides is 2. The number of aryl methyl sites for hydroxylation is 1. The predicted octanol–water partition coefficient (Wildman–Crippen LogP) is 7.19. The van der Waals surface area contributed by atoms with Crippen LogP contribution in [-0.4, -0.2) is 18.0 Å². The summed E-state index contributed by atoms with van der Waals surface area (Å²) in [6, 6.07) is 17.3. The molecule has 33 heavy (non-hydrogen) atoms. The van der Waals surface area contributed by atoms with Crippen molar-refractivity contribution in [3.63, 3.8) is 0 Å². The highest BCUT2D eigenvalue weighted by molar-refractivity contribution is 7.21. The highest BCUT2D eigenvalue weighted by Gasteiger charge is 2.17. The van der Waals surface area contributed by atoms with Crippen LogP contribution in [0.5, 0.6) is 0 Å². The molecule has 0 bridgehead atoms. The van der Waals surface area contributed by atoms with Gasteiger partial charge in [0.15, 0.2) is 0 Å². The second-order valence-electron chi connectivity index (χ2n) is 7.14. The van der Waals surface area contributed by atoms with Gasteiger partial charge in [-0.25, -0.2) is 5.43 Å². The fourth-order valence-electron chi connectivity index (χ4n) is 3.04. The Kier molecular flexibility index (Phi) is 7.00. The summed E-state index contributed by atoms with van der Waals surface area (Å²) in [7, 11) is 0. The first-order chi connectivity index (χ1) is 15.8. The van der Waals surface area contributed by atoms with E-state index >= 15 is 0 Å². The molecule has 0 fully saturated rings. The Labute approximate surface area is 209 Å². The summed E-state index contributed by atoms with van der Waals surface area (Å²) in [5, 5.41) is 8.96. The van der Waals surface area contributed by atoms with E-state index in [0.717, 1.165) is 15.6 Å². The third-order valence-corrected chi connectivity index (χ3v) is 6.95. The van der Waals surface area contributed by atoms with Crippen molar-refractivity contribution in [2.45, 2.75) is 6.92 Å². The Bertz CT molecular complexity index is 1400. The van der Waals surface area contributed by atoms with Crippen LogP contribution in [0.2, 0.25) is 15.1 Å². The molecule has 0 aliphatic rings. The first kappa shape index (κ1) is 23.3. The number of carbonyl (C=O) groups excluding carboxylic acids is 2. The SMILES string of the molecule is Cc1ccc2c(Cl)c(C(=O)Nc3ccc(C(=O)N/N=C\c4ccc(Cl)cc4Cl)cc3)sc2c1. The highest BCUT2D eigenvalue weighted by atomic mass is 35.5. The number of hydrazone groups is 1. The molecule has 2 N–H and O–H groups in total. The standard InChI is InChI=1S/C24H16Cl3N3O2S/c1-13-2-9-18-20(10-13)33-22(21(18)27)24(32)29-17-7-4-14(5-8-17)23(31)30-28-12-15-3-6-16(25)11-19(15)26/h2-12H,1H3,(H,29,32)(H,30,31)/b28-12-. The minimum absolute atomic E-state index is 0.305. The summed E-state index contributed by atoms with van der Waals surface area (Å²) in [4.78, 5) is 25.5. The average Bonchev–Trinajstić information content (AvgIpc) is 3.11. The molecule has 1 heterocycles. The van der Waals surface area contributed by atoms with E-state index < -0.39 is 5.91 Å². The monoisotopic (exact) mass is 515 g/mol. The van der Waals surface area contributed by atoms with Crippen LogP contribution in [0.15, 0.2) is 65.8 Å². The van der Waals surface area contributed by atoms with Crippen LogP contribution in [0.25, 0.3) is 10.1 Å². The zero-order chi connectivity index (χ0) is 23.5. The Balaban J connectivity index is 1.40. The second-order valence-corrected chi connectivity index (χ2v) is 9.42. The van der Waals surface area contributed by atoms with Crippen molar-refractivity contribution in [1.29, 1.82) is 0 Å². The lowest BCUT2D eigenvalue weighted by Crippen LogP contribution is -2.17. The lowest BCUT2D eigenvalue weighted by molar-refractivity contribution is 0.0954. The minimum Gasteiger partial charge on any atom is -0.321 e. The van der Waals surface area contributed by atoms with Crippen LogP contribution in [0.1, 0.15) is 31.2 Å². The Morgan fingerprint density at radius 3 is 2.42 bits per heavy atom. The van der Waals surface area contributed by atoms with E-state index in [2.05, 4.69) is 15.8 Å². The number of rotatable bonds is 5. The van der Waals surface area contributed by atoms with Crippen LogP contribution < -0.4 is 10.7 Å². The predicted molar refractivity (Wildman–Crippen MR) is 137 cm³/mol. The van der Waals surface area contributed by atoms with Crippen molar-refractivity contribution < 1.29 is 9.59 Å². The Morgan fingerprint density at radius 2 is 1.70 bits per heavy atom. The summed E-state index contributed by atoms with van der Waals surface area (Å²) in [6.45, 7) is 1.99. The Morgan fingerprint density at radius 1 is 0.939 bits per heavy atom. The van der Waals surface area contributed by atoms with E-state index in [9.17, 15) is 9.59 Å². The minimum atomic E-state index is -0.405. The molecule has 0 saturated carbocycles. The number of nitrogens with zero attached hydrogens (tertiary/aromatic N) is 1. The van der Waals surface area contributed by atoms with Gasteiger partial charge < -0.3 is 5.32 Å². The summed E-state index contributed by atoms with van der Waals surface area (Å²) in [6.07, 6.45) is 1.43. The summed E-state index contributed by atoms with van der Waals surface area (Å²) in [5.74, 6) is -0.711. The largest absolute Gasteiger partial charge is 0.321 e. The molecule has 5 nitrogen and oxygen atoms in total. The molecule has 0 spiro atoms. The molecule has 4 aromatic rings. The third-order valence-electron chi connectivity index (χ3n) is 4.73. The van der Waals surface area contributed by atoms with Crippen LogP contribution >= 0.6 is 46.1 Å². The van der Waals surface area contributed by atoms with Gasteiger partial charge >= 0.3 is 0 Å². The maximum Gasteiger partial charge on any atom is 0.271 e. The molecule has 1 aromatic heterocycles. The van der Waals surface area contributed by atoms with Gasteiger partial charge in [0, 0.05) is 31.9 Å². The van der Waals surface area contributed by atoms with Gasteiger partial charge in [0.05, 0.1) is 16.3 Å². The second kappa shape index (κ2) is 9.93. The zero-order valence-electron chi connectivity index (χ0n) is 17.2. The molecule has 0 aliphatic carbocycles. The van der Waals surface area contributed by atoms with E-state index in [4.69, 9.17) is 34.8 Å². The van der Waals surface area contributed by atoms with Crippen molar-refractivity contribution in [2.75, 3.05) is 5.32 Å². The number of hydrogen-bond donors (Lipinski definition) is 2. The molecule has 0 aliphatic heterocycles. The topological polar surface area (TPSA) is 70.6 Å². The molecular weight excluding hydrogens is 501 g/mol. The van der Waals surface area contributed by atoms with Gasteiger partial charge in [-0.15, -0.1) is 11.3 Å². The van der Waals surface area contributed by atoms with Crippen LogP contribution in [0.4, 0.5) is 5.69 Å². The number of thiophene rings is 1. The van der Waals surface area contributed by atoms with Crippen LogP contribution in [0.3, 0.4) is 0 Å². The number of halogens is 3. The molecule has 9 heteroatoms. The molecule has 0 saturated heterocycles. The van der Waals surface area contributed by atoms with E-state index in [0.29, 0.717) is 36.8 Å². The smallest absolute Gasteiger partial charge is 0.271 e. The average molecular weight is 517 g/mol. The number of carbonyl (C=O) groups is 2. The van der Waals surface area contributed by atoms with Gasteiger partial charge in [0.25, 0.3) is 11.8 Å².